The summed E-state index contributed by atoms with van der Waals surface area (Å²) in [6.45, 7) is 0. The highest BCUT2D eigenvalue weighted by atomic mass is 35.5. The smallest absolute Gasteiger partial charge is 0.263 e. The second-order valence-corrected chi connectivity index (χ2v) is 6.13. The monoisotopic (exact) mass is 325 g/mol. The number of nitrogens with one attached hydrogen (secondary N) is 1. The number of rotatable bonds is 3. The molecule has 0 saturated heterocycles. The average molecular weight is 326 g/mol. The molecule has 2 aromatic rings. The second-order valence-electron chi connectivity index (χ2n) is 4.07. The molecule has 5 nitrogen and oxygen atoms in total. The van der Waals surface area contributed by atoms with E-state index in [1.807, 2.05) is 6.07 Å². The van der Waals surface area contributed by atoms with Crippen molar-refractivity contribution in [2.45, 2.75) is 4.90 Å². The van der Waals surface area contributed by atoms with E-state index in [1.54, 1.807) is 12.1 Å². The van der Waals surface area contributed by atoms with E-state index in [9.17, 15) is 12.8 Å². The molecule has 0 aliphatic heterocycles. The van der Waals surface area contributed by atoms with Crippen molar-refractivity contribution < 1.29 is 12.8 Å². The van der Waals surface area contributed by atoms with E-state index in [1.165, 1.54) is 12.1 Å². The van der Waals surface area contributed by atoms with Crippen LogP contribution in [0.4, 0.5) is 15.8 Å². The quantitative estimate of drug-likeness (QED) is 0.848. The first-order valence-corrected chi connectivity index (χ1v) is 7.48. The lowest BCUT2D eigenvalue weighted by Gasteiger charge is -2.11. The Morgan fingerprint density at radius 2 is 1.95 bits per heavy atom. The van der Waals surface area contributed by atoms with Crippen molar-refractivity contribution >= 4 is 33.0 Å². The van der Waals surface area contributed by atoms with Gasteiger partial charge in [0.25, 0.3) is 10.0 Å². The Labute approximate surface area is 125 Å². The van der Waals surface area contributed by atoms with Crippen molar-refractivity contribution in [1.82, 2.24) is 0 Å². The predicted octanol–water partition coefficient (Wildman–Crippen LogP) is 2.73. The summed E-state index contributed by atoms with van der Waals surface area (Å²) in [4.78, 5) is -0.365. The molecule has 2 rings (SSSR count). The van der Waals surface area contributed by atoms with Gasteiger partial charge in [0.05, 0.1) is 22.0 Å². The number of nitriles is 1. The first kappa shape index (κ1) is 15.1. The Kier molecular flexibility index (Phi) is 4.02. The molecule has 0 atom stereocenters. The van der Waals surface area contributed by atoms with Crippen LogP contribution in [0.3, 0.4) is 0 Å². The van der Waals surface area contributed by atoms with Gasteiger partial charge >= 0.3 is 0 Å². The maximum absolute atomic E-state index is 13.2. The maximum Gasteiger partial charge on any atom is 0.263 e. The average Bonchev–Trinajstić information content (AvgIpc) is 2.43. The van der Waals surface area contributed by atoms with Gasteiger partial charge in [0.1, 0.15) is 16.8 Å². The van der Waals surface area contributed by atoms with Crippen LogP contribution in [0.2, 0.25) is 5.02 Å². The van der Waals surface area contributed by atoms with Gasteiger partial charge in [-0.2, -0.15) is 5.26 Å². The summed E-state index contributed by atoms with van der Waals surface area (Å²) < 4.78 is 40.0. The van der Waals surface area contributed by atoms with Crippen molar-refractivity contribution in [3.63, 3.8) is 0 Å². The molecule has 0 saturated carbocycles. The summed E-state index contributed by atoms with van der Waals surface area (Å²) in [7, 11) is -4.10. The van der Waals surface area contributed by atoms with Crippen LogP contribution < -0.4 is 10.5 Å². The summed E-state index contributed by atoms with van der Waals surface area (Å²) in [6.07, 6.45) is 0. The van der Waals surface area contributed by atoms with Crippen LogP contribution in [0.25, 0.3) is 0 Å². The van der Waals surface area contributed by atoms with E-state index < -0.39 is 15.8 Å². The molecule has 0 bridgehead atoms. The van der Waals surface area contributed by atoms with Gasteiger partial charge in [0, 0.05) is 0 Å². The molecule has 21 heavy (non-hydrogen) atoms. The first-order chi connectivity index (χ1) is 9.85. The van der Waals surface area contributed by atoms with Crippen molar-refractivity contribution in [2.24, 2.45) is 0 Å². The zero-order chi connectivity index (χ0) is 15.6. The number of sulfonamides is 1. The number of halogens is 2. The molecule has 0 aromatic heterocycles. The number of nitrogens with two attached hydrogens (primary N) is 1. The Balaban J connectivity index is 2.49. The van der Waals surface area contributed by atoms with Gasteiger partial charge in [0.2, 0.25) is 0 Å². The van der Waals surface area contributed by atoms with Crippen LogP contribution in [0.1, 0.15) is 5.56 Å². The third-order valence-electron chi connectivity index (χ3n) is 2.63. The summed E-state index contributed by atoms with van der Waals surface area (Å²) in [5.41, 5.74) is 5.26. The van der Waals surface area contributed by atoms with E-state index in [-0.39, 0.29) is 26.9 Å². The minimum atomic E-state index is -4.10. The van der Waals surface area contributed by atoms with Gasteiger partial charge in [-0.05, 0) is 24.3 Å². The highest BCUT2D eigenvalue weighted by Crippen LogP contribution is 2.28. The standard InChI is InChI=1S/C13H9ClFN3O2S/c14-9-5-10(15)11(17)6-13(9)21(19,20)18-12-4-2-1-3-8(12)7-16/h1-6,18H,17H2. The van der Waals surface area contributed by atoms with Gasteiger partial charge in [-0.1, -0.05) is 23.7 Å². The number of nitrogen functional groups attached to an aromatic ring is 1. The molecule has 108 valence electrons. The number of nitrogens with zero attached hydrogens (tertiary/aromatic N) is 1. The summed E-state index contributed by atoms with van der Waals surface area (Å²) in [5.74, 6) is -0.809. The van der Waals surface area contributed by atoms with Gasteiger partial charge in [0.15, 0.2) is 0 Å². The highest BCUT2D eigenvalue weighted by molar-refractivity contribution is 7.92. The van der Waals surface area contributed by atoms with E-state index >= 15 is 0 Å². The minimum absolute atomic E-state index is 0.0963. The molecule has 2 aromatic carbocycles. The molecule has 8 heteroatoms. The minimum Gasteiger partial charge on any atom is -0.396 e. The van der Waals surface area contributed by atoms with E-state index in [4.69, 9.17) is 22.6 Å². The largest absolute Gasteiger partial charge is 0.396 e. The summed E-state index contributed by atoms with van der Waals surface area (Å²) >= 11 is 5.75. The fourth-order valence-electron chi connectivity index (χ4n) is 1.62. The van der Waals surface area contributed by atoms with Crippen LogP contribution in [0.5, 0.6) is 0 Å². The molecule has 0 fully saturated rings. The van der Waals surface area contributed by atoms with E-state index in [2.05, 4.69) is 4.72 Å². The lowest BCUT2D eigenvalue weighted by molar-refractivity contribution is 0.600. The normalized spacial score (nSPS) is 10.9. The topological polar surface area (TPSA) is 96.0 Å². The van der Waals surface area contributed by atoms with Crippen molar-refractivity contribution in [3.05, 3.63) is 52.8 Å². The number of benzene rings is 2. The number of para-hydroxylation sites is 1. The Morgan fingerprint density at radius 3 is 2.62 bits per heavy atom. The van der Waals surface area contributed by atoms with Gasteiger partial charge in [-0.15, -0.1) is 0 Å². The SMILES string of the molecule is N#Cc1ccccc1NS(=O)(=O)c1cc(N)c(F)cc1Cl. The zero-order valence-electron chi connectivity index (χ0n) is 10.5. The van der Waals surface area contributed by atoms with E-state index in [0.29, 0.717) is 0 Å². The van der Waals surface area contributed by atoms with Crippen LogP contribution in [0.15, 0.2) is 41.3 Å². The molecule has 0 amide bonds. The second kappa shape index (κ2) is 5.60. The lowest BCUT2D eigenvalue weighted by atomic mass is 10.2. The van der Waals surface area contributed by atoms with Crippen LogP contribution >= 0.6 is 11.6 Å². The molecule has 3 N–H and O–H groups in total. The van der Waals surface area contributed by atoms with Crippen molar-refractivity contribution in [2.75, 3.05) is 10.5 Å². The number of hydrogen-bond acceptors (Lipinski definition) is 4. The van der Waals surface area contributed by atoms with Gasteiger partial charge in [-0.25, -0.2) is 12.8 Å². The van der Waals surface area contributed by atoms with Crippen LogP contribution in [-0.4, -0.2) is 8.42 Å². The predicted molar refractivity (Wildman–Crippen MR) is 77.8 cm³/mol. The molecule has 0 unspecified atom stereocenters. The van der Waals surface area contributed by atoms with Crippen molar-refractivity contribution in [1.29, 1.82) is 5.26 Å². The Morgan fingerprint density at radius 1 is 1.29 bits per heavy atom. The third-order valence-corrected chi connectivity index (χ3v) is 4.46. The molecule has 0 spiro atoms. The lowest BCUT2D eigenvalue weighted by Crippen LogP contribution is -2.15. The summed E-state index contributed by atoms with van der Waals surface area (Å²) in [6, 6.07) is 9.66. The first-order valence-electron chi connectivity index (χ1n) is 5.61. The third kappa shape index (κ3) is 3.07. The Bertz CT molecular complexity index is 847. The fraction of sp³-hybridized carbons (Fsp3) is 0. The number of hydrogen-bond donors (Lipinski definition) is 2. The molecule has 0 aliphatic rings. The van der Waals surface area contributed by atoms with E-state index in [0.717, 1.165) is 12.1 Å². The molecular weight excluding hydrogens is 317 g/mol. The fourth-order valence-corrected chi connectivity index (χ4v) is 3.25. The van der Waals surface area contributed by atoms with Gasteiger partial charge in [-0.3, -0.25) is 4.72 Å². The number of anilines is 2. The molecule has 0 aliphatic carbocycles. The summed E-state index contributed by atoms with van der Waals surface area (Å²) in [5, 5.41) is 8.64. The molecule has 0 heterocycles. The highest BCUT2D eigenvalue weighted by Gasteiger charge is 2.21. The van der Waals surface area contributed by atoms with Crippen LogP contribution in [0, 0.1) is 17.1 Å². The molecular formula is C13H9ClFN3O2S. The maximum atomic E-state index is 13.2. The van der Waals surface area contributed by atoms with Crippen LogP contribution in [-0.2, 0) is 10.0 Å². The van der Waals surface area contributed by atoms with Crippen molar-refractivity contribution in [3.8, 4) is 6.07 Å². The zero-order valence-corrected chi connectivity index (χ0v) is 12.0. The Hall–Kier alpha value is -2.30. The van der Waals surface area contributed by atoms with Gasteiger partial charge < -0.3 is 5.73 Å². The molecule has 0 radical (unpaired) electrons.